The summed E-state index contributed by atoms with van der Waals surface area (Å²) in [4.78, 5) is 33.4. The van der Waals surface area contributed by atoms with E-state index in [-0.39, 0.29) is 11.7 Å². The molecule has 0 aliphatic carbocycles. The summed E-state index contributed by atoms with van der Waals surface area (Å²) in [6, 6.07) is 3.14. The zero-order valence-electron chi connectivity index (χ0n) is 10.1. The lowest BCUT2D eigenvalue weighted by molar-refractivity contribution is 0.0925. The van der Waals surface area contributed by atoms with Crippen LogP contribution in [-0.4, -0.2) is 21.8 Å². The van der Waals surface area contributed by atoms with Crippen molar-refractivity contribution in [3.8, 4) is 0 Å². The van der Waals surface area contributed by atoms with Crippen LogP contribution in [0.1, 0.15) is 26.3 Å². The van der Waals surface area contributed by atoms with Gasteiger partial charge in [-0.1, -0.05) is 0 Å². The van der Waals surface area contributed by atoms with Gasteiger partial charge in [-0.05, 0) is 24.6 Å². The molecule has 6 heteroatoms. The molecule has 3 rings (SSSR count). The van der Waals surface area contributed by atoms with Gasteiger partial charge in [-0.3, -0.25) is 14.6 Å². The van der Waals surface area contributed by atoms with Gasteiger partial charge in [0, 0.05) is 12.4 Å². The summed E-state index contributed by atoms with van der Waals surface area (Å²) >= 11 is 0. The maximum Gasteiger partial charge on any atom is 0.268 e. The van der Waals surface area contributed by atoms with Gasteiger partial charge < -0.3 is 5.73 Å². The van der Waals surface area contributed by atoms with Crippen LogP contribution >= 0.6 is 0 Å². The average Bonchev–Trinajstić information content (AvgIpc) is 2.66. The molecule has 0 unspecified atom stereocenters. The minimum Gasteiger partial charge on any atom is -0.397 e. The van der Waals surface area contributed by atoms with Crippen LogP contribution in [0.4, 0.5) is 11.5 Å². The van der Waals surface area contributed by atoms with E-state index in [2.05, 4.69) is 9.97 Å². The first kappa shape index (κ1) is 11.3. The number of nitrogens with zero attached hydrogens (tertiary/aromatic N) is 3. The molecule has 2 amide bonds. The topological polar surface area (TPSA) is 89.2 Å². The Labute approximate surface area is 108 Å². The van der Waals surface area contributed by atoms with E-state index in [0.29, 0.717) is 16.8 Å². The summed E-state index contributed by atoms with van der Waals surface area (Å²) in [7, 11) is 0. The number of rotatable bonds is 1. The Morgan fingerprint density at radius 1 is 1.16 bits per heavy atom. The molecular formula is C13H10N4O2. The maximum atomic E-state index is 12.2. The van der Waals surface area contributed by atoms with Crippen LogP contribution in [0.3, 0.4) is 0 Å². The first-order valence-electron chi connectivity index (χ1n) is 5.64. The summed E-state index contributed by atoms with van der Waals surface area (Å²) in [5.74, 6) is -0.526. The van der Waals surface area contributed by atoms with E-state index < -0.39 is 5.91 Å². The Morgan fingerprint density at radius 2 is 1.89 bits per heavy atom. The van der Waals surface area contributed by atoms with Crippen molar-refractivity contribution in [1.82, 2.24) is 9.97 Å². The number of amides is 2. The minimum absolute atomic E-state index is 0.276. The number of hydrogen-bond donors (Lipinski definition) is 1. The number of carbonyl (C=O) groups is 2. The second-order valence-electron chi connectivity index (χ2n) is 4.27. The average molecular weight is 254 g/mol. The van der Waals surface area contributed by atoms with Crippen LogP contribution in [0, 0.1) is 6.92 Å². The Morgan fingerprint density at radius 3 is 2.58 bits per heavy atom. The lowest BCUT2D eigenvalue weighted by atomic mass is 10.2. The van der Waals surface area contributed by atoms with Crippen LogP contribution in [0.5, 0.6) is 0 Å². The quantitative estimate of drug-likeness (QED) is 0.771. The van der Waals surface area contributed by atoms with E-state index in [1.165, 1.54) is 24.7 Å². The van der Waals surface area contributed by atoms with E-state index >= 15 is 0 Å². The number of nitrogens with two attached hydrogens (primary N) is 1. The summed E-state index contributed by atoms with van der Waals surface area (Å²) in [6.07, 6.45) is 4.31. The molecule has 0 saturated heterocycles. The predicted octanol–water partition coefficient (Wildman–Crippen LogP) is 1.17. The lowest BCUT2D eigenvalue weighted by Gasteiger charge is -2.13. The molecule has 1 aliphatic heterocycles. The molecule has 0 aromatic carbocycles. The number of anilines is 2. The van der Waals surface area contributed by atoms with Crippen molar-refractivity contribution in [3.05, 3.63) is 47.4 Å². The van der Waals surface area contributed by atoms with Gasteiger partial charge in [0.15, 0.2) is 0 Å². The molecule has 0 radical (unpaired) electrons. The largest absolute Gasteiger partial charge is 0.397 e. The second kappa shape index (κ2) is 3.88. The molecule has 1 aliphatic rings. The smallest absolute Gasteiger partial charge is 0.268 e. The zero-order valence-corrected chi connectivity index (χ0v) is 10.1. The summed E-state index contributed by atoms with van der Waals surface area (Å²) in [5.41, 5.74) is 7.60. The molecule has 2 aromatic rings. The Bertz CT molecular complexity index is 677. The molecule has 0 atom stereocenters. The van der Waals surface area contributed by atoms with Gasteiger partial charge in [0.2, 0.25) is 0 Å². The van der Waals surface area contributed by atoms with Crippen LogP contribution in [0.2, 0.25) is 0 Å². The van der Waals surface area contributed by atoms with Crippen molar-refractivity contribution < 1.29 is 9.59 Å². The Kier molecular flexibility index (Phi) is 2.31. The third-order valence-corrected chi connectivity index (χ3v) is 3.05. The van der Waals surface area contributed by atoms with Gasteiger partial charge in [-0.15, -0.1) is 0 Å². The number of nitrogen functional groups attached to an aromatic ring is 1. The fraction of sp³-hybridized carbons (Fsp3) is 0.0769. The zero-order chi connectivity index (χ0) is 13.6. The monoisotopic (exact) mass is 254 g/mol. The van der Waals surface area contributed by atoms with Crippen LogP contribution in [-0.2, 0) is 0 Å². The first-order chi connectivity index (χ1) is 9.09. The number of carbonyl (C=O) groups excluding carboxylic acids is 2. The molecule has 0 bridgehead atoms. The minimum atomic E-state index is -0.412. The molecule has 0 spiro atoms. The maximum absolute atomic E-state index is 12.2. The van der Waals surface area contributed by atoms with E-state index in [1.807, 2.05) is 0 Å². The van der Waals surface area contributed by atoms with Gasteiger partial charge in [-0.25, -0.2) is 9.88 Å². The lowest BCUT2D eigenvalue weighted by Crippen LogP contribution is -2.30. The Hall–Kier alpha value is -2.76. The number of aryl methyl sites for hydroxylation is 1. The van der Waals surface area contributed by atoms with Gasteiger partial charge in [0.1, 0.15) is 5.82 Å². The van der Waals surface area contributed by atoms with Crippen molar-refractivity contribution in [1.29, 1.82) is 0 Å². The fourth-order valence-corrected chi connectivity index (χ4v) is 1.97. The number of hydrogen-bond acceptors (Lipinski definition) is 5. The van der Waals surface area contributed by atoms with Crippen molar-refractivity contribution in [2.45, 2.75) is 6.92 Å². The third kappa shape index (κ3) is 1.57. The number of aromatic nitrogens is 2. The van der Waals surface area contributed by atoms with E-state index in [9.17, 15) is 9.59 Å². The van der Waals surface area contributed by atoms with Gasteiger partial charge in [0.05, 0.1) is 23.0 Å². The highest BCUT2D eigenvalue weighted by Crippen LogP contribution is 2.27. The van der Waals surface area contributed by atoms with Crippen molar-refractivity contribution in [2.24, 2.45) is 0 Å². The van der Waals surface area contributed by atoms with Crippen molar-refractivity contribution in [2.75, 3.05) is 10.6 Å². The highest BCUT2D eigenvalue weighted by Gasteiger charge is 2.37. The van der Waals surface area contributed by atoms with E-state index in [1.54, 1.807) is 13.0 Å². The summed E-state index contributed by atoms with van der Waals surface area (Å²) < 4.78 is 0. The normalized spacial score (nSPS) is 13.8. The van der Waals surface area contributed by atoms with Gasteiger partial charge in [-0.2, -0.15) is 0 Å². The third-order valence-electron chi connectivity index (χ3n) is 3.05. The van der Waals surface area contributed by atoms with Gasteiger partial charge >= 0.3 is 0 Å². The first-order valence-corrected chi connectivity index (χ1v) is 5.64. The van der Waals surface area contributed by atoms with Crippen LogP contribution in [0.15, 0.2) is 30.7 Å². The van der Waals surface area contributed by atoms with Crippen LogP contribution in [0.25, 0.3) is 0 Å². The molecular weight excluding hydrogens is 244 g/mol. The highest BCUT2D eigenvalue weighted by molar-refractivity contribution is 6.34. The van der Waals surface area contributed by atoms with E-state index in [4.69, 9.17) is 5.73 Å². The molecule has 0 saturated carbocycles. The van der Waals surface area contributed by atoms with Crippen molar-refractivity contribution in [3.63, 3.8) is 0 Å². The van der Waals surface area contributed by atoms with E-state index in [0.717, 1.165) is 10.5 Å². The fourth-order valence-electron chi connectivity index (χ4n) is 1.97. The second-order valence-corrected chi connectivity index (χ2v) is 4.27. The van der Waals surface area contributed by atoms with Crippen LogP contribution < -0.4 is 10.6 Å². The Balaban J connectivity index is 2.11. The number of imide groups is 1. The molecule has 2 N–H and O–H groups in total. The molecule has 94 valence electrons. The number of fused-ring (bicyclic) bond motifs is 1. The molecule has 3 heterocycles. The summed E-state index contributed by atoms with van der Waals surface area (Å²) in [6.45, 7) is 1.79. The SMILES string of the molecule is Cc1cc(N2C(=O)c3ccncc3C2=O)ncc1N. The summed E-state index contributed by atoms with van der Waals surface area (Å²) in [5, 5.41) is 0. The number of pyridine rings is 2. The molecule has 2 aromatic heterocycles. The molecule has 19 heavy (non-hydrogen) atoms. The molecule has 6 nitrogen and oxygen atoms in total. The highest BCUT2D eigenvalue weighted by atomic mass is 16.2. The predicted molar refractivity (Wildman–Crippen MR) is 68.8 cm³/mol. The molecule has 0 fully saturated rings. The standard InChI is InChI=1S/C13H10N4O2/c1-7-4-11(16-6-10(7)14)17-12(18)8-2-3-15-5-9(8)13(17)19/h2-6H,14H2,1H3. The van der Waals surface area contributed by atoms with Crippen molar-refractivity contribution >= 4 is 23.3 Å². The van der Waals surface area contributed by atoms with Gasteiger partial charge in [0.25, 0.3) is 11.8 Å².